The highest BCUT2D eigenvalue weighted by molar-refractivity contribution is 5.90. The highest BCUT2D eigenvalue weighted by atomic mass is 19.4. The van der Waals surface area contributed by atoms with Crippen LogP contribution in [0.1, 0.15) is 32.1 Å². The number of carbonyl (C=O) groups is 2. The molecule has 0 unspecified atom stereocenters. The second-order valence-corrected chi connectivity index (χ2v) is 6.91. The number of likely N-dealkylation sites (tertiary alicyclic amines) is 1. The molecule has 4 atom stereocenters. The zero-order valence-electron chi connectivity index (χ0n) is 12.6. The van der Waals surface area contributed by atoms with E-state index in [-0.39, 0.29) is 24.8 Å². The Kier molecular flexibility index (Phi) is 3.85. The number of hydrogen-bond donors (Lipinski definition) is 0. The maximum atomic E-state index is 12.6. The Morgan fingerprint density at radius 1 is 1.27 bits per heavy atom. The fraction of sp³-hybridized carbons (Fsp3) is 0.867. The van der Waals surface area contributed by atoms with Crippen molar-refractivity contribution < 1.29 is 22.8 Å². The topological polar surface area (TPSA) is 40.6 Å². The first-order valence-corrected chi connectivity index (χ1v) is 7.88. The van der Waals surface area contributed by atoms with E-state index in [0.717, 1.165) is 24.2 Å². The molecule has 2 aliphatic carbocycles. The molecule has 3 aliphatic rings. The molecule has 1 saturated heterocycles. The van der Waals surface area contributed by atoms with Crippen LogP contribution in [-0.2, 0) is 9.59 Å². The number of nitrogens with zero attached hydrogens (tertiary/aromatic N) is 2. The SMILES string of the molecule is CN(C(=O)[C@@H]1C[C@H]2CC[C@H]1C2)[C@H]1CCN(CC(F)(F)F)C1=O. The predicted molar refractivity (Wildman–Crippen MR) is 72.7 cm³/mol. The van der Waals surface area contributed by atoms with Gasteiger partial charge in [-0.15, -0.1) is 0 Å². The Morgan fingerprint density at radius 3 is 2.55 bits per heavy atom. The molecule has 124 valence electrons. The predicted octanol–water partition coefficient (Wildman–Crippen LogP) is 2.04. The smallest absolute Gasteiger partial charge is 0.333 e. The van der Waals surface area contributed by atoms with E-state index in [9.17, 15) is 22.8 Å². The number of rotatable bonds is 3. The van der Waals surface area contributed by atoms with Crippen molar-refractivity contribution >= 4 is 11.8 Å². The highest BCUT2D eigenvalue weighted by Crippen LogP contribution is 2.49. The minimum atomic E-state index is -4.39. The van der Waals surface area contributed by atoms with Crippen molar-refractivity contribution in [2.75, 3.05) is 20.1 Å². The third-order valence-electron chi connectivity index (χ3n) is 5.51. The van der Waals surface area contributed by atoms with Crippen molar-refractivity contribution in [3.63, 3.8) is 0 Å². The van der Waals surface area contributed by atoms with Gasteiger partial charge in [0.25, 0.3) is 0 Å². The molecule has 1 aliphatic heterocycles. The molecule has 2 amide bonds. The van der Waals surface area contributed by atoms with Gasteiger partial charge in [-0.3, -0.25) is 9.59 Å². The summed E-state index contributed by atoms with van der Waals surface area (Å²) >= 11 is 0. The largest absolute Gasteiger partial charge is 0.406 e. The van der Waals surface area contributed by atoms with Crippen LogP contribution in [0.15, 0.2) is 0 Å². The van der Waals surface area contributed by atoms with Crippen LogP contribution in [-0.4, -0.2) is 54.0 Å². The number of hydrogen-bond acceptors (Lipinski definition) is 2. The molecule has 0 radical (unpaired) electrons. The maximum Gasteiger partial charge on any atom is 0.406 e. The van der Waals surface area contributed by atoms with Gasteiger partial charge in [0.15, 0.2) is 0 Å². The van der Waals surface area contributed by atoms with Gasteiger partial charge in [-0.2, -0.15) is 13.2 Å². The summed E-state index contributed by atoms with van der Waals surface area (Å²) in [6.45, 7) is -1.16. The van der Waals surface area contributed by atoms with Crippen LogP contribution in [0.3, 0.4) is 0 Å². The molecular weight excluding hydrogens is 297 g/mol. The summed E-state index contributed by atoms with van der Waals surface area (Å²) in [7, 11) is 1.56. The van der Waals surface area contributed by atoms with Crippen LogP contribution < -0.4 is 0 Å². The molecule has 2 saturated carbocycles. The molecule has 3 rings (SSSR count). The number of carbonyl (C=O) groups excluding carboxylic acids is 2. The summed E-state index contributed by atoms with van der Waals surface area (Å²) in [5, 5.41) is 0. The second kappa shape index (κ2) is 5.42. The standard InChI is InChI=1S/C15H21F3N2O2/c1-19(13(21)11-7-9-2-3-10(11)6-9)12-4-5-20(14(12)22)8-15(16,17)18/h9-12H,2-8H2,1H3/t9-,10-,11+,12-/m0/s1. The molecule has 3 fully saturated rings. The molecule has 4 nitrogen and oxygen atoms in total. The van der Waals surface area contributed by atoms with E-state index in [1.807, 2.05) is 0 Å². The number of halogens is 3. The van der Waals surface area contributed by atoms with Crippen LogP contribution in [0.5, 0.6) is 0 Å². The van der Waals surface area contributed by atoms with Crippen LogP contribution in [0, 0.1) is 17.8 Å². The van der Waals surface area contributed by atoms with Gasteiger partial charge in [-0.25, -0.2) is 0 Å². The second-order valence-electron chi connectivity index (χ2n) is 6.91. The third-order valence-corrected chi connectivity index (χ3v) is 5.51. The Labute approximate surface area is 127 Å². The number of alkyl halides is 3. The van der Waals surface area contributed by atoms with Gasteiger partial charge in [-0.1, -0.05) is 6.42 Å². The first-order valence-electron chi connectivity index (χ1n) is 7.88. The van der Waals surface area contributed by atoms with Crippen LogP contribution >= 0.6 is 0 Å². The van der Waals surface area contributed by atoms with Crippen LogP contribution in [0.4, 0.5) is 13.2 Å². The molecule has 1 heterocycles. The van der Waals surface area contributed by atoms with Crippen LogP contribution in [0.2, 0.25) is 0 Å². The quantitative estimate of drug-likeness (QED) is 0.799. The fourth-order valence-corrected chi connectivity index (χ4v) is 4.42. The number of amides is 2. The van der Waals surface area contributed by atoms with E-state index in [1.165, 1.54) is 11.3 Å². The van der Waals surface area contributed by atoms with E-state index in [4.69, 9.17) is 0 Å². The minimum Gasteiger partial charge on any atom is -0.333 e. The summed E-state index contributed by atoms with van der Waals surface area (Å²) in [6, 6.07) is -0.728. The normalized spacial score (nSPS) is 34.5. The molecule has 0 spiro atoms. The van der Waals surface area contributed by atoms with Crippen molar-refractivity contribution in [1.82, 2.24) is 9.80 Å². The third kappa shape index (κ3) is 2.82. The van der Waals surface area contributed by atoms with Gasteiger partial charge in [0.1, 0.15) is 12.6 Å². The minimum absolute atomic E-state index is 0.0341. The summed E-state index contributed by atoms with van der Waals surface area (Å²) in [4.78, 5) is 27.0. The Bertz CT molecular complexity index is 480. The molecule has 0 aromatic heterocycles. The van der Waals surface area contributed by atoms with Gasteiger partial charge in [0.2, 0.25) is 11.8 Å². The Morgan fingerprint density at radius 2 is 2.00 bits per heavy atom. The van der Waals surface area contributed by atoms with E-state index >= 15 is 0 Å². The lowest BCUT2D eigenvalue weighted by atomic mass is 9.87. The molecule has 0 aromatic carbocycles. The van der Waals surface area contributed by atoms with Gasteiger partial charge >= 0.3 is 6.18 Å². The van der Waals surface area contributed by atoms with Gasteiger partial charge in [0, 0.05) is 19.5 Å². The first kappa shape index (κ1) is 15.6. The molecule has 0 aromatic rings. The summed E-state index contributed by atoms with van der Waals surface area (Å²) in [5.74, 6) is 0.361. The molecule has 2 bridgehead atoms. The van der Waals surface area contributed by atoms with E-state index < -0.39 is 24.7 Å². The van der Waals surface area contributed by atoms with E-state index in [2.05, 4.69) is 0 Å². The Balaban J connectivity index is 1.62. The highest BCUT2D eigenvalue weighted by Gasteiger charge is 2.47. The van der Waals surface area contributed by atoms with E-state index in [0.29, 0.717) is 11.8 Å². The zero-order chi connectivity index (χ0) is 16.1. The molecule has 22 heavy (non-hydrogen) atoms. The lowest BCUT2D eigenvalue weighted by molar-refractivity contribution is -0.160. The van der Waals surface area contributed by atoms with Crippen molar-refractivity contribution in [3.05, 3.63) is 0 Å². The average Bonchev–Trinajstić information content (AvgIpc) is 3.13. The zero-order valence-corrected chi connectivity index (χ0v) is 12.6. The fourth-order valence-electron chi connectivity index (χ4n) is 4.42. The van der Waals surface area contributed by atoms with Gasteiger partial charge in [-0.05, 0) is 37.5 Å². The van der Waals surface area contributed by atoms with Crippen molar-refractivity contribution in [1.29, 1.82) is 0 Å². The average molecular weight is 318 g/mol. The van der Waals surface area contributed by atoms with Crippen molar-refractivity contribution in [2.45, 2.75) is 44.3 Å². The molecular formula is C15H21F3N2O2. The van der Waals surface area contributed by atoms with Crippen molar-refractivity contribution in [2.24, 2.45) is 17.8 Å². The van der Waals surface area contributed by atoms with Gasteiger partial charge in [0.05, 0.1) is 0 Å². The monoisotopic (exact) mass is 318 g/mol. The van der Waals surface area contributed by atoms with Crippen molar-refractivity contribution in [3.8, 4) is 0 Å². The maximum absolute atomic E-state index is 12.6. The lowest BCUT2D eigenvalue weighted by Crippen LogP contribution is -2.47. The summed E-state index contributed by atoms with van der Waals surface area (Å²) in [5.41, 5.74) is 0. The number of fused-ring (bicyclic) bond motifs is 2. The van der Waals surface area contributed by atoms with Gasteiger partial charge < -0.3 is 9.80 Å². The first-order chi connectivity index (χ1) is 10.3. The summed E-state index contributed by atoms with van der Waals surface area (Å²) < 4.78 is 37.3. The Hall–Kier alpha value is -1.27. The lowest BCUT2D eigenvalue weighted by Gasteiger charge is -2.30. The summed E-state index contributed by atoms with van der Waals surface area (Å²) in [6.07, 6.45) is 0.105. The number of likely N-dealkylation sites (N-methyl/N-ethyl adjacent to an activating group) is 1. The van der Waals surface area contributed by atoms with E-state index in [1.54, 1.807) is 7.05 Å². The molecule has 7 heteroatoms. The van der Waals surface area contributed by atoms with Crippen LogP contribution in [0.25, 0.3) is 0 Å². The molecule has 0 N–H and O–H groups in total.